The third kappa shape index (κ3) is 5.61. The number of urea groups is 1. The number of amides is 3. The predicted octanol–water partition coefficient (Wildman–Crippen LogP) is 6.12. The minimum absolute atomic E-state index is 0. The lowest BCUT2D eigenvalue weighted by Gasteiger charge is -2.32. The number of nitrogens with zero attached hydrogens (tertiary/aromatic N) is 1. The van der Waals surface area contributed by atoms with Crippen molar-refractivity contribution in [1.29, 1.82) is 0 Å². The lowest BCUT2D eigenvalue weighted by Crippen LogP contribution is -2.36. The van der Waals surface area contributed by atoms with E-state index in [4.69, 9.17) is 17.3 Å². The van der Waals surface area contributed by atoms with Gasteiger partial charge in [-0.1, -0.05) is 56.6 Å². The number of rotatable bonds is 4. The Labute approximate surface area is 208 Å². The summed E-state index contributed by atoms with van der Waals surface area (Å²) in [6.07, 6.45) is 0.741. The van der Waals surface area contributed by atoms with E-state index >= 15 is 0 Å². The third-order valence-corrected chi connectivity index (χ3v) is 6.89. The number of hydrogen-bond acceptors (Lipinski definition) is 4. The zero-order valence-electron chi connectivity index (χ0n) is 18.8. The van der Waals surface area contributed by atoms with Crippen LogP contribution in [0.25, 0.3) is 10.8 Å². The van der Waals surface area contributed by atoms with E-state index in [0.29, 0.717) is 21.3 Å². The van der Waals surface area contributed by atoms with Crippen LogP contribution in [0.2, 0.25) is 5.02 Å². The van der Waals surface area contributed by atoms with Crippen molar-refractivity contribution in [2.45, 2.75) is 33.7 Å². The summed E-state index contributed by atoms with van der Waals surface area (Å²) in [5.74, 6) is -0.515. The van der Waals surface area contributed by atoms with Gasteiger partial charge < -0.3 is 11.1 Å². The first-order chi connectivity index (χ1) is 15.1. The van der Waals surface area contributed by atoms with E-state index in [1.807, 2.05) is 24.3 Å². The number of nitrogens with one attached hydrogen (secondary N) is 2. The molecule has 0 spiro atoms. The molecule has 1 aliphatic rings. The standard InChI is InChI=1S/C24H27ClN4O2S.ClH/c1-24(2,3)13-29-11-10-16-19(12-29)32-22(20(16)21(26)30)28-23(31)27-18-9-8-17(25)14-6-4-5-7-15(14)18;/h4-9H,10-13H2,1-3H3,(H2,26,30)(H2,27,28,31);1H. The molecule has 1 aliphatic heterocycles. The van der Waals surface area contributed by atoms with Crippen LogP contribution in [-0.4, -0.2) is 29.9 Å². The van der Waals surface area contributed by atoms with Gasteiger partial charge in [0, 0.05) is 40.3 Å². The van der Waals surface area contributed by atoms with E-state index in [1.165, 1.54) is 11.3 Å². The number of nitrogens with two attached hydrogens (primary N) is 1. The van der Waals surface area contributed by atoms with E-state index < -0.39 is 11.9 Å². The van der Waals surface area contributed by atoms with Gasteiger partial charge in [-0.05, 0) is 29.5 Å². The summed E-state index contributed by atoms with van der Waals surface area (Å²) in [4.78, 5) is 28.6. The Hall–Kier alpha value is -2.32. The van der Waals surface area contributed by atoms with Crippen LogP contribution in [0.3, 0.4) is 0 Å². The fraction of sp³-hybridized carbons (Fsp3) is 0.333. The van der Waals surface area contributed by atoms with Crippen LogP contribution >= 0.6 is 35.3 Å². The summed E-state index contributed by atoms with van der Waals surface area (Å²) in [7, 11) is 0. The molecule has 0 saturated heterocycles. The van der Waals surface area contributed by atoms with Crippen LogP contribution in [0.4, 0.5) is 15.5 Å². The van der Waals surface area contributed by atoms with Gasteiger partial charge in [0.2, 0.25) is 0 Å². The van der Waals surface area contributed by atoms with E-state index in [0.717, 1.165) is 47.3 Å². The minimum Gasteiger partial charge on any atom is -0.365 e. The molecular formula is C24H28Cl2N4O2S. The highest BCUT2D eigenvalue weighted by Crippen LogP contribution is 2.38. The number of anilines is 2. The second-order valence-corrected chi connectivity index (χ2v) is 10.8. The molecule has 0 radical (unpaired) electrons. The largest absolute Gasteiger partial charge is 0.365 e. The number of fused-ring (bicyclic) bond motifs is 2. The fourth-order valence-corrected chi connectivity index (χ4v) is 5.76. The molecular weight excluding hydrogens is 479 g/mol. The summed E-state index contributed by atoms with van der Waals surface area (Å²) < 4.78 is 0. The minimum atomic E-state index is -0.515. The van der Waals surface area contributed by atoms with Gasteiger partial charge in [0.15, 0.2) is 0 Å². The first-order valence-corrected chi connectivity index (χ1v) is 11.7. The number of halogens is 2. The zero-order valence-corrected chi connectivity index (χ0v) is 21.2. The number of carbonyl (C=O) groups excluding carboxylic acids is 2. The van der Waals surface area contributed by atoms with Crippen molar-refractivity contribution in [3.8, 4) is 0 Å². The zero-order chi connectivity index (χ0) is 23.0. The summed E-state index contributed by atoms with van der Waals surface area (Å²) in [6.45, 7) is 9.21. The number of thiophene rings is 1. The highest BCUT2D eigenvalue weighted by molar-refractivity contribution is 7.17. The van der Waals surface area contributed by atoms with E-state index in [-0.39, 0.29) is 17.8 Å². The Bertz CT molecular complexity index is 1200. The number of benzene rings is 2. The van der Waals surface area contributed by atoms with E-state index in [1.54, 1.807) is 12.1 Å². The summed E-state index contributed by atoms with van der Waals surface area (Å²) in [5.41, 5.74) is 7.92. The highest BCUT2D eigenvalue weighted by atomic mass is 35.5. The van der Waals surface area contributed by atoms with Crippen molar-refractivity contribution in [2.24, 2.45) is 11.1 Å². The first kappa shape index (κ1) is 25.3. The summed E-state index contributed by atoms with van der Waals surface area (Å²) in [6, 6.07) is 10.7. The predicted molar refractivity (Wildman–Crippen MR) is 140 cm³/mol. The fourth-order valence-electron chi connectivity index (χ4n) is 4.24. The van der Waals surface area contributed by atoms with Crippen molar-refractivity contribution < 1.29 is 9.59 Å². The van der Waals surface area contributed by atoms with Gasteiger partial charge in [0.05, 0.1) is 11.3 Å². The molecule has 0 atom stereocenters. The molecule has 0 unspecified atom stereocenters. The molecule has 4 N–H and O–H groups in total. The van der Waals surface area contributed by atoms with Gasteiger partial charge in [-0.25, -0.2) is 4.79 Å². The maximum absolute atomic E-state index is 12.8. The normalized spacial score (nSPS) is 13.8. The Morgan fingerprint density at radius 3 is 2.48 bits per heavy atom. The third-order valence-electron chi connectivity index (χ3n) is 5.43. The molecule has 176 valence electrons. The van der Waals surface area contributed by atoms with Crippen LogP contribution in [0.5, 0.6) is 0 Å². The molecule has 0 saturated carbocycles. The van der Waals surface area contributed by atoms with Gasteiger partial charge in [0.25, 0.3) is 5.91 Å². The Kier molecular flexibility index (Phi) is 7.59. The molecule has 9 heteroatoms. The summed E-state index contributed by atoms with van der Waals surface area (Å²) in [5, 5.41) is 8.55. The summed E-state index contributed by atoms with van der Waals surface area (Å²) >= 11 is 7.71. The second-order valence-electron chi connectivity index (χ2n) is 9.31. The van der Waals surface area contributed by atoms with Gasteiger partial charge in [-0.2, -0.15) is 0 Å². The van der Waals surface area contributed by atoms with Gasteiger partial charge in [0.1, 0.15) is 5.00 Å². The molecule has 4 rings (SSSR count). The van der Waals surface area contributed by atoms with E-state index in [2.05, 4.69) is 36.3 Å². The lowest BCUT2D eigenvalue weighted by molar-refractivity contribution is 0.0999. The average molecular weight is 507 g/mol. The van der Waals surface area contributed by atoms with Crippen molar-refractivity contribution in [1.82, 2.24) is 4.90 Å². The molecule has 0 bridgehead atoms. The molecule has 3 amide bonds. The van der Waals surface area contributed by atoms with E-state index in [9.17, 15) is 9.59 Å². The smallest absolute Gasteiger partial charge is 0.324 e. The number of hydrogen-bond donors (Lipinski definition) is 3. The molecule has 2 aromatic carbocycles. The van der Waals surface area contributed by atoms with Crippen molar-refractivity contribution in [2.75, 3.05) is 23.7 Å². The number of carbonyl (C=O) groups is 2. The van der Waals surface area contributed by atoms with Crippen LogP contribution in [-0.2, 0) is 13.0 Å². The maximum Gasteiger partial charge on any atom is 0.324 e. The van der Waals surface area contributed by atoms with Gasteiger partial charge in [-0.3, -0.25) is 15.0 Å². The Morgan fingerprint density at radius 1 is 1.12 bits per heavy atom. The molecule has 6 nitrogen and oxygen atoms in total. The van der Waals surface area contributed by atoms with Crippen LogP contribution in [0.1, 0.15) is 41.6 Å². The molecule has 33 heavy (non-hydrogen) atoms. The second kappa shape index (κ2) is 9.89. The van der Waals surface area contributed by atoms with Crippen LogP contribution in [0, 0.1) is 5.41 Å². The molecule has 3 aromatic rings. The van der Waals surface area contributed by atoms with Crippen molar-refractivity contribution in [3.05, 3.63) is 57.4 Å². The topological polar surface area (TPSA) is 87.5 Å². The Morgan fingerprint density at radius 2 is 1.82 bits per heavy atom. The quantitative estimate of drug-likeness (QED) is 0.397. The lowest BCUT2D eigenvalue weighted by atomic mass is 9.94. The number of primary amides is 1. The van der Waals surface area contributed by atoms with Crippen LogP contribution in [0.15, 0.2) is 36.4 Å². The first-order valence-electron chi connectivity index (χ1n) is 10.5. The van der Waals surface area contributed by atoms with Crippen molar-refractivity contribution in [3.63, 3.8) is 0 Å². The highest BCUT2D eigenvalue weighted by Gasteiger charge is 2.29. The van der Waals surface area contributed by atoms with Crippen molar-refractivity contribution >= 4 is 68.7 Å². The molecule has 0 fully saturated rings. The maximum atomic E-state index is 12.8. The van der Waals surface area contributed by atoms with Gasteiger partial charge >= 0.3 is 6.03 Å². The van der Waals surface area contributed by atoms with Crippen LogP contribution < -0.4 is 16.4 Å². The average Bonchev–Trinajstić information content (AvgIpc) is 3.06. The SMILES string of the molecule is CC(C)(C)CN1CCc2c(sc(NC(=O)Nc3ccc(Cl)c4ccccc34)c2C(N)=O)C1.Cl. The monoisotopic (exact) mass is 506 g/mol. The molecule has 0 aliphatic carbocycles. The van der Waals surface area contributed by atoms with Gasteiger partial charge in [-0.15, -0.1) is 23.7 Å². The molecule has 2 heterocycles. The Balaban J connectivity index is 0.00000306. The molecule has 1 aromatic heterocycles.